The van der Waals surface area contributed by atoms with Crippen molar-refractivity contribution in [3.05, 3.63) is 30.5 Å². The molecule has 1 N–H and O–H groups in total. The average molecular weight is 312 g/mol. The number of anilines is 1. The topological polar surface area (TPSA) is 28.3 Å². The van der Waals surface area contributed by atoms with Crippen molar-refractivity contribution in [1.29, 1.82) is 0 Å². The first-order valence-electron chi connectivity index (χ1n) is 9.32. The predicted octanol–water partition coefficient (Wildman–Crippen LogP) is 4.73. The van der Waals surface area contributed by atoms with Gasteiger partial charge in [0.1, 0.15) is 0 Å². The summed E-state index contributed by atoms with van der Waals surface area (Å²) in [6.07, 6.45) is 11.4. The van der Waals surface area contributed by atoms with E-state index >= 15 is 0 Å². The van der Waals surface area contributed by atoms with E-state index < -0.39 is 0 Å². The molecule has 0 amide bonds. The second-order valence-electron chi connectivity index (χ2n) is 7.25. The highest BCUT2D eigenvalue weighted by Crippen LogP contribution is 2.31. The normalized spacial score (nSPS) is 20.9. The third-order valence-corrected chi connectivity index (χ3v) is 5.68. The van der Waals surface area contributed by atoms with Gasteiger partial charge < -0.3 is 14.6 Å². The Kier molecular flexibility index (Phi) is 4.56. The maximum Gasteiger partial charge on any atom is 0.0469 e. The van der Waals surface area contributed by atoms with Crippen LogP contribution in [0.5, 0.6) is 0 Å². The molecule has 124 valence electrons. The first-order chi connectivity index (χ1) is 11.4. The number of nitrogens with zero attached hydrogens (tertiary/aromatic N) is 1. The molecule has 1 saturated carbocycles. The Morgan fingerprint density at radius 2 is 1.83 bits per heavy atom. The van der Waals surface area contributed by atoms with Gasteiger partial charge in [0.25, 0.3) is 0 Å². The third-order valence-electron chi connectivity index (χ3n) is 5.68. The smallest absolute Gasteiger partial charge is 0.0469 e. The summed E-state index contributed by atoms with van der Waals surface area (Å²) in [4.78, 5) is 6.04. The Morgan fingerprint density at radius 3 is 2.65 bits per heavy atom. The van der Waals surface area contributed by atoms with Crippen LogP contribution in [-0.4, -0.2) is 30.8 Å². The van der Waals surface area contributed by atoms with Crippen molar-refractivity contribution in [1.82, 2.24) is 4.98 Å². The fourth-order valence-electron chi connectivity index (χ4n) is 4.28. The van der Waals surface area contributed by atoms with Crippen LogP contribution < -0.4 is 4.90 Å². The zero-order valence-corrected chi connectivity index (χ0v) is 14.0. The maximum atomic E-state index is 5.56. The molecule has 3 nitrogen and oxygen atoms in total. The average Bonchev–Trinajstić information content (AvgIpc) is 3.09. The highest BCUT2D eigenvalue weighted by molar-refractivity contribution is 5.83. The van der Waals surface area contributed by atoms with Gasteiger partial charge in [0.05, 0.1) is 0 Å². The van der Waals surface area contributed by atoms with Crippen LogP contribution in [-0.2, 0) is 4.74 Å². The second-order valence-corrected chi connectivity index (χ2v) is 7.25. The SMILES string of the molecule is c1cc2cc(N(CC3CCOCC3)C3CCCCC3)ccc2[nH]1. The summed E-state index contributed by atoms with van der Waals surface area (Å²) in [6.45, 7) is 3.09. The number of fused-ring (bicyclic) bond motifs is 1. The van der Waals surface area contributed by atoms with Crippen LogP contribution >= 0.6 is 0 Å². The summed E-state index contributed by atoms with van der Waals surface area (Å²) in [7, 11) is 0. The molecule has 23 heavy (non-hydrogen) atoms. The number of nitrogens with one attached hydrogen (secondary N) is 1. The molecule has 1 aliphatic carbocycles. The highest BCUT2D eigenvalue weighted by atomic mass is 16.5. The number of aromatic amines is 1. The summed E-state index contributed by atoms with van der Waals surface area (Å²) in [5, 5.41) is 1.33. The first kappa shape index (κ1) is 15.1. The number of H-pyrrole nitrogens is 1. The van der Waals surface area contributed by atoms with Crippen LogP contribution in [0.15, 0.2) is 30.5 Å². The molecule has 2 aliphatic rings. The van der Waals surface area contributed by atoms with E-state index in [1.165, 1.54) is 68.1 Å². The zero-order chi connectivity index (χ0) is 15.5. The summed E-state index contributed by atoms with van der Waals surface area (Å²) < 4.78 is 5.56. The lowest BCUT2D eigenvalue weighted by molar-refractivity contribution is 0.0674. The molecular weight excluding hydrogens is 284 g/mol. The van der Waals surface area contributed by atoms with Gasteiger partial charge in [-0.3, -0.25) is 0 Å². The fraction of sp³-hybridized carbons (Fsp3) is 0.600. The minimum absolute atomic E-state index is 0.725. The molecule has 3 heteroatoms. The van der Waals surface area contributed by atoms with Gasteiger partial charge in [-0.05, 0) is 55.9 Å². The maximum absolute atomic E-state index is 5.56. The zero-order valence-electron chi connectivity index (χ0n) is 14.0. The van der Waals surface area contributed by atoms with Crippen LogP contribution in [0.3, 0.4) is 0 Å². The molecule has 1 aromatic heterocycles. The molecular formula is C20H28N2O. The Labute approximate surface area is 139 Å². The summed E-state index contributed by atoms with van der Waals surface area (Å²) in [6, 6.07) is 9.84. The fourth-order valence-corrected chi connectivity index (χ4v) is 4.28. The van der Waals surface area contributed by atoms with Gasteiger partial charge >= 0.3 is 0 Å². The first-order valence-corrected chi connectivity index (χ1v) is 9.32. The number of ether oxygens (including phenoxy) is 1. The van der Waals surface area contributed by atoms with E-state index in [-0.39, 0.29) is 0 Å². The van der Waals surface area contributed by atoms with Crippen molar-refractivity contribution >= 4 is 16.6 Å². The van der Waals surface area contributed by atoms with Crippen LogP contribution in [0.25, 0.3) is 10.9 Å². The minimum Gasteiger partial charge on any atom is -0.381 e. The molecule has 4 rings (SSSR count). The van der Waals surface area contributed by atoms with Crippen molar-refractivity contribution in [2.24, 2.45) is 5.92 Å². The number of rotatable bonds is 4. The van der Waals surface area contributed by atoms with Gasteiger partial charge in [0.2, 0.25) is 0 Å². The summed E-state index contributed by atoms with van der Waals surface area (Å²) in [5.74, 6) is 0.785. The summed E-state index contributed by atoms with van der Waals surface area (Å²) in [5.41, 5.74) is 2.65. The summed E-state index contributed by atoms with van der Waals surface area (Å²) >= 11 is 0. The third kappa shape index (κ3) is 3.40. The second kappa shape index (κ2) is 6.96. The molecule has 1 saturated heterocycles. The van der Waals surface area contributed by atoms with Crippen LogP contribution in [0.1, 0.15) is 44.9 Å². The van der Waals surface area contributed by atoms with Crippen molar-refractivity contribution in [2.45, 2.75) is 51.0 Å². The molecule has 2 aromatic rings. The van der Waals surface area contributed by atoms with E-state index in [1.807, 2.05) is 6.20 Å². The van der Waals surface area contributed by atoms with Gasteiger partial charge in [0.15, 0.2) is 0 Å². The molecule has 0 bridgehead atoms. The van der Waals surface area contributed by atoms with E-state index in [0.717, 1.165) is 25.2 Å². The molecule has 0 atom stereocenters. The lowest BCUT2D eigenvalue weighted by Gasteiger charge is -2.39. The number of hydrogen-bond acceptors (Lipinski definition) is 2. The van der Waals surface area contributed by atoms with Crippen LogP contribution in [0.2, 0.25) is 0 Å². The van der Waals surface area contributed by atoms with Crippen molar-refractivity contribution < 1.29 is 4.74 Å². The highest BCUT2D eigenvalue weighted by Gasteiger charge is 2.25. The monoisotopic (exact) mass is 312 g/mol. The Balaban J connectivity index is 1.59. The largest absolute Gasteiger partial charge is 0.381 e. The Hall–Kier alpha value is -1.48. The molecule has 0 radical (unpaired) electrons. The molecule has 0 unspecified atom stereocenters. The molecule has 0 spiro atoms. The van der Waals surface area contributed by atoms with Crippen molar-refractivity contribution in [3.63, 3.8) is 0 Å². The quantitative estimate of drug-likeness (QED) is 0.883. The van der Waals surface area contributed by atoms with E-state index in [9.17, 15) is 0 Å². The van der Waals surface area contributed by atoms with Crippen LogP contribution in [0.4, 0.5) is 5.69 Å². The molecule has 1 aromatic carbocycles. The molecule has 2 heterocycles. The van der Waals surface area contributed by atoms with E-state index in [1.54, 1.807) is 0 Å². The standard InChI is InChI=1S/C20H28N2O/c1-2-4-18(5-3-1)22(15-16-9-12-23-13-10-16)19-6-7-20-17(14-19)8-11-21-20/h6-8,11,14,16,18,21H,1-5,9-10,12-13,15H2. The van der Waals surface area contributed by atoms with Gasteiger partial charge in [-0.2, -0.15) is 0 Å². The van der Waals surface area contributed by atoms with Gasteiger partial charge in [-0.25, -0.2) is 0 Å². The lowest BCUT2D eigenvalue weighted by atomic mass is 9.91. The predicted molar refractivity (Wildman–Crippen MR) is 96.1 cm³/mol. The lowest BCUT2D eigenvalue weighted by Crippen LogP contribution is -2.41. The van der Waals surface area contributed by atoms with Gasteiger partial charge in [0, 0.05) is 48.6 Å². The van der Waals surface area contributed by atoms with E-state index in [0.29, 0.717) is 0 Å². The van der Waals surface area contributed by atoms with Gasteiger partial charge in [-0.15, -0.1) is 0 Å². The Bertz CT molecular complexity index is 623. The molecule has 1 aliphatic heterocycles. The van der Waals surface area contributed by atoms with E-state index in [2.05, 4.69) is 34.1 Å². The van der Waals surface area contributed by atoms with E-state index in [4.69, 9.17) is 4.74 Å². The number of benzene rings is 1. The van der Waals surface area contributed by atoms with Crippen molar-refractivity contribution in [3.8, 4) is 0 Å². The number of hydrogen-bond donors (Lipinski definition) is 1. The van der Waals surface area contributed by atoms with Gasteiger partial charge in [-0.1, -0.05) is 19.3 Å². The number of aromatic nitrogens is 1. The Morgan fingerprint density at radius 1 is 1.00 bits per heavy atom. The molecule has 2 fully saturated rings. The van der Waals surface area contributed by atoms with Crippen molar-refractivity contribution in [2.75, 3.05) is 24.7 Å². The minimum atomic E-state index is 0.725. The van der Waals surface area contributed by atoms with Crippen LogP contribution in [0, 0.1) is 5.92 Å².